The molecule has 0 amide bonds. The summed E-state index contributed by atoms with van der Waals surface area (Å²) in [5, 5.41) is 7.13. The van der Waals surface area contributed by atoms with E-state index in [4.69, 9.17) is 9.26 Å². The summed E-state index contributed by atoms with van der Waals surface area (Å²) in [4.78, 5) is 6.47. The summed E-state index contributed by atoms with van der Waals surface area (Å²) in [6.45, 7) is 7.40. The predicted octanol–water partition coefficient (Wildman–Crippen LogP) is 0.359. The number of ether oxygens (including phenoxy) is 1. The van der Waals surface area contributed by atoms with Crippen LogP contribution in [0.2, 0.25) is 0 Å². The predicted molar refractivity (Wildman–Crippen MR) is 62.7 cm³/mol. The zero-order chi connectivity index (χ0) is 12.3. The summed E-state index contributed by atoms with van der Waals surface area (Å²) in [7, 11) is 2.11. The van der Waals surface area contributed by atoms with Gasteiger partial charge in [0.25, 0.3) is 0 Å². The van der Waals surface area contributed by atoms with Gasteiger partial charge in [0.15, 0.2) is 5.82 Å². The first-order chi connectivity index (χ1) is 8.15. The molecule has 1 aromatic heterocycles. The lowest BCUT2D eigenvalue weighted by atomic mass is 10.2. The minimum Gasteiger partial charge on any atom is -0.374 e. The quantitative estimate of drug-likeness (QED) is 0.820. The van der Waals surface area contributed by atoms with Gasteiger partial charge in [-0.1, -0.05) is 5.16 Å². The fourth-order valence-corrected chi connectivity index (χ4v) is 1.87. The average molecular weight is 240 g/mol. The van der Waals surface area contributed by atoms with Crippen LogP contribution in [0.25, 0.3) is 0 Å². The van der Waals surface area contributed by atoms with Crippen molar-refractivity contribution in [1.29, 1.82) is 0 Å². The van der Waals surface area contributed by atoms with Gasteiger partial charge in [0.05, 0.1) is 18.8 Å². The van der Waals surface area contributed by atoms with E-state index in [0.29, 0.717) is 11.7 Å². The number of nitrogens with one attached hydrogen (secondary N) is 1. The molecule has 1 aliphatic heterocycles. The minimum atomic E-state index is 0.0621. The van der Waals surface area contributed by atoms with Crippen molar-refractivity contribution >= 4 is 0 Å². The zero-order valence-electron chi connectivity index (χ0n) is 10.6. The topological polar surface area (TPSA) is 63.4 Å². The Bertz CT molecular complexity index is 355. The average Bonchev–Trinajstić information content (AvgIpc) is 2.73. The maximum Gasteiger partial charge on any atom is 0.243 e. The summed E-state index contributed by atoms with van der Waals surface area (Å²) in [6, 6.07) is 0.0621. The SMILES string of the molecule is Cc1noc(C(C)NCC2CN(C)CCO2)n1. The molecule has 1 N–H and O–H groups in total. The van der Waals surface area contributed by atoms with Gasteiger partial charge in [-0.3, -0.25) is 0 Å². The van der Waals surface area contributed by atoms with Crippen LogP contribution in [0.3, 0.4) is 0 Å². The second-order valence-electron chi connectivity index (χ2n) is 4.56. The van der Waals surface area contributed by atoms with E-state index < -0.39 is 0 Å². The van der Waals surface area contributed by atoms with Crippen molar-refractivity contribution in [2.45, 2.75) is 26.0 Å². The summed E-state index contributed by atoms with van der Waals surface area (Å²) in [5.41, 5.74) is 0. The van der Waals surface area contributed by atoms with E-state index in [9.17, 15) is 0 Å². The van der Waals surface area contributed by atoms with E-state index in [1.807, 2.05) is 13.8 Å². The Morgan fingerprint density at radius 1 is 1.59 bits per heavy atom. The number of nitrogens with zero attached hydrogens (tertiary/aromatic N) is 3. The molecule has 1 fully saturated rings. The van der Waals surface area contributed by atoms with Crippen LogP contribution in [0.4, 0.5) is 0 Å². The van der Waals surface area contributed by atoms with Gasteiger partial charge in [0.2, 0.25) is 5.89 Å². The molecule has 96 valence electrons. The van der Waals surface area contributed by atoms with Crippen LogP contribution in [0.15, 0.2) is 4.52 Å². The number of aryl methyl sites for hydroxylation is 1. The highest BCUT2D eigenvalue weighted by molar-refractivity contribution is 4.89. The van der Waals surface area contributed by atoms with E-state index in [-0.39, 0.29) is 12.1 Å². The van der Waals surface area contributed by atoms with Gasteiger partial charge in [-0.15, -0.1) is 0 Å². The van der Waals surface area contributed by atoms with Gasteiger partial charge >= 0.3 is 0 Å². The molecule has 2 heterocycles. The van der Waals surface area contributed by atoms with Crippen LogP contribution >= 0.6 is 0 Å². The summed E-state index contributed by atoms with van der Waals surface area (Å²) in [6.07, 6.45) is 0.236. The van der Waals surface area contributed by atoms with Crippen LogP contribution in [-0.2, 0) is 4.74 Å². The molecule has 17 heavy (non-hydrogen) atoms. The molecule has 2 rings (SSSR count). The molecule has 2 atom stereocenters. The van der Waals surface area contributed by atoms with Gasteiger partial charge in [0, 0.05) is 19.6 Å². The van der Waals surface area contributed by atoms with Crippen molar-refractivity contribution in [3.05, 3.63) is 11.7 Å². The third kappa shape index (κ3) is 3.49. The second kappa shape index (κ2) is 5.57. The third-order valence-electron chi connectivity index (χ3n) is 2.91. The maximum atomic E-state index is 5.67. The fourth-order valence-electron chi connectivity index (χ4n) is 1.87. The molecule has 6 heteroatoms. The number of rotatable bonds is 4. The Morgan fingerprint density at radius 2 is 2.41 bits per heavy atom. The highest BCUT2D eigenvalue weighted by atomic mass is 16.5. The fraction of sp³-hybridized carbons (Fsp3) is 0.818. The Balaban J connectivity index is 1.77. The van der Waals surface area contributed by atoms with Gasteiger partial charge in [0.1, 0.15) is 0 Å². The number of morpholine rings is 1. The highest BCUT2D eigenvalue weighted by Crippen LogP contribution is 2.10. The van der Waals surface area contributed by atoms with Crippen LogP contribution in [0.5, 0.6) is 0 Å². The number of hydrogen-bond acceptors (Lipinski definition) is 6. The first-order valence-electron chi connectivity index (χ1n) is 5.99. The monoisotopic (exact) mass is 240 g/mol. The number of aromatic nitrogens is 2. The maximum absolute atomic E-state index is 5.67. The Hall–Kier alpha value is -0.980. The van der Waals surface area contributed by atoms with E-state index in [0.717, 1.165) is 26.2 Å². The van der Waals surface area contributed by atoms with Crippen LogP contribution in [0, 0.1) is 6.92 Å². The van der Waals surface area contributed by atoms with E-state index >= 15 is 0 Å². The lowest BCUT2D eigenvalue weighted by Gasteiger charge is -2.30. The molecule has 0 aliphatic carbocycles. The molecular formula is C11H20N4O2. The van der Waals surface area contributed by atoms with Crippen LogP contribution < -0.4 is 5.32 Å². The minimum absolute atomic E-state index is 0.0621. The smallest absolute Gasteiger partial charge is 0.243 e. The van der Waals surface area contributed by atoms with Crippen LogP contribution in [0.1, 0.15) is 24.7 Å². The normalized spacial score (nSPS) is 23.8. The van der Waals surface area contributed by atoms with E-state index in [1.54, 1.807) is 0 Å². The largest absolute Gasteiger partial charge is 0.374 e. The van der Waals surface area contributed by atoms with Gasteiger partial charge < -0.3 is 19.5 Å². The molecule has 2 unspecified atom stereocenters. The van der Waals surface area contributed by atoms with Crippen LogP contribution in [-0.4, -0.2) is 54.4 Å². The molecule has 0 saturated carbocycles. The molecule has 1 aromatic rings. The highest BCUT2D eigenvalue weighted by Gasteiger charge is 2.19. The number of likely N-dealkylation sites (N-methyl/N-ethyl adjacent to an activating group) is 1. The van der Waals surface area contributed by atoms with Crippen molar-refractivity contribution in [2.24, 2.45) is 0 Å². The van der Waals surface area contributed by atoms with Crippen molar-refractivity contribution in [2.75, 3.05) is 33.3 Å². The first kappa shape index (κ1) is 12.5. The third-order valence-corrected chi connectivity index (χ3v) is 2.91. The zero-order valence-corrected chi connectivity index (χ0v) is 10.6. The van der Waals surface area contributed by atoms with Crippen molar-refractivity contribution in [3.63, 3.8) is 0 Å². The Morgan fingerprint density at radius 3 is 3.06 bits per heavy atom. The second-order valence-corrected chi connectivity index (χ2v) is 4.56. The molecule has 0 radical (unpaired) electrons. The van der Waals surface area contributed by atoms with Crippen molar-refractivity contribution < 1.29 is 9.26 Å². The van der Waals surface area contributed by atoms with Crippen molar-refractivity contribution in [3.8, 4) is 0 Å². The molecule has 1 saturated heterocycles. The van der Waals surface area contributed by atoms with Gasteiger partial charge in [-0.2, -0.15) is 4.98 Å². The molecule has 0 spiro atoms. The molecule has 1 aliphatic rings. The lowest BCUT2D eigenvalue weighted by Crippen LogP contribution is -2.45. The molecule has 6 nitrogen and oxygen atoms in total. The Labute approximate surface area is 101 Å². The first-order valence-corrected chi connectivity index (χ1v) is 5.99. The molecule has 0 aromatic carbocycles. The van der Waals surface area contributed by atoms with Gasteiger partial charge in [-0.05, 0) is 20.9 Å². The van der Waals surface area contributed by atoms with Gasteiger partial charge in [-0.25, -0.2) is 0 Å². The van der Waals surface area contributed by atoms with E-state index in [1.165, 1.54) is 0 Å². The Kier molecular flexibility index (Phi) is 4.09. The molecule has 0 bridgehead atoms. The van der Waals surface area contributed by atoms with Crippen molar-refractivity contribution in [1.82, 2.24) is 20.4 Å². The molecular weight excluding hydrogens is 220 g/mol. The number of hydrogen-bond donors (Lipinski definition) is 1. The summed E-state index contributed by atoms with van der Waals surface area (Å²) in [5.74, 6) is 1.30. The summed E-state index contributed by atoms with van der Waals surface area (Å²) >= 11 is 0. The standard InChI is InChI=1S/C11H20N4O2/c1-8(11-13-9(2)14-17-11)12-6-10-7-15(3)4-5-16-10/h8,10,12H,4-7H2,1-3H3. The lowest BCUT2D eigenvalue weighted by molar-refractivity contribution is -0.0194. The summed E-state index contributed by atoms with van der Waals surface area (Å²) < 4.78 is 10.8. The van der Waals surface area contributed by atoms with E-state index in [2.05, 4.69) is 27.4 Å².